The highest BCUT2D eigenvalue weighted by atomic mass is 31.2. The van der Waals surface area contributed by atoms with Gasteiger partial charge in [-0.25, -0.2) is 0 Å². The molecule has 0 aromatic heterocycles. The Bertz CT molecular complexity index is 1250. The lowest BCUT2D eigenvalue weighted by molar-refractivity contribution is 0.295. The van der Waals surface area contributed by atoms with Crippen molar-refractivity contribution in [2.24, 2.45) is 0 Å². The van der Waals surface area contributed by atoms with Crippen molar-refractivity contribution in [3.8, 4) is 34.1 Å². The second-order valence-corrected chi connectivity index (χ2v) is 9.68. The number of benzene rings is 4. The van der Waals surface area contributed by atoms with Crippen LogP contribution in [0.15, 0.2) is 84.9 Å². The van der Waals surface area contributed by atoms with E-state index in [0.717, 1.165) is 33.4 Å². The standard InChI is InChI=1S/C28H27O5P/c1-19-7-5-8-20(2)27(19)32-34(30,33-28-21(3)9-6-10-22(28)4)31-26-17-13-24(14-18-26)23-11-15-25(29)16-12-23/h5-18,29H,1-4H3. The van der Waals surface area contributed by atoms with E-state index in [-0.39, 0.29) is 5.75 Å². The number of hydrogen-bond donors (Lipinski definition) is 1. The molecule has 0 atom stereocenters. The first kappa shape index (κ1) is 23.5. The van der Waals surface area contributed by atoms with Gasteiger partial charge in [-0.05, 0) is 85.3 Å². The van der Waals surface area contributed by atoms with E-state index in [1.54, 1.807) is 24.3 Å². The minimum Gasteiger partial charge on any atom is -0.508 e. The monoisotopic (exact) mass is 474 g/mol. The molecule has 0 radical (unpaired) electrons. The number of aryl methyl sites for hydroxylation is 4. The van der Waals surface area contributed by atoms with E-state index >= 15 is 0 Å². The van der Waals surface area contributed by atoms with Crippen molar-refractivity contribution in [3.05, 3.63) is 107 Å². The Morgan fingerprint density at radius 2 is 0.941 bits per heavy atom. The van der Waals surface area contributed by atoms with Crippen LogP contribution in [0.4, 0.5) is 0 Å². The summed E-state index contributed by atoms with van der Waals surface area (Å²) in [6, 6.07) is 25.4. The first-order valence-corrected chi connectivity index (χ1v) is 12.4. The fourth-order valence-corrected chi connectivity index (χ4v) is 5.17. The lowest BCUT2D eigenvalue weighted by Gasteiger charge is -2.23. The molecule has 0 saturated carbocycles. The lowest BCUT2D eigenvalue weighted by atomic mass is 10.1. The summed E-state index contributed by atoms with van der Waals surface area (Å²) in [6.07, 6.45) is 0. The topological polar surface area (TPSA) is 65.0 Å². The predicted octanol–water partition coefficient (Wildman–Crippen LogP) is 7.94. The van der Waals surface area contributed by atoms with E-state index in [2.05, 4.69) is 0 Å². The summed E-state index contributed by atoms with van der Waals surface area (Å²) in [5.74, 6) is 1.50. The number of phenolic OH excluding ortho intramolecular Hbond substituents is 1. The molecule has 0 aliphatic rings. The van der Waals surface area contributed by atoms with Crippen LogP contribution in [0, 0.1) is 27.7 Å². The van der Waals surface area contributed by atoms with Crippen LogP contribution < -0.4 is 13.6 Å². The van der Waals surface area contributed by atoms with Gasteiger partial charge >= 0.3 is 7.82 Å². The fourth-order valence-electron chi connectivity index (χ4n) is 3.66. The number of phosphoric acid groups is 1. The molecule has 0 amide bonds. The third-order valence-electron chi connectivity index (χ3n) is 5.50. The van der Waals surface area contributed by atoms with Crippen molar-refractivity contribution < 1.29 is 23.2 Å². The summed E-state index contributed by atoms with van der Waals surface area (Å²) >= 11 is 0. The van der Waals surface area contributed by atoms with Gasteiger partial charge in [0, 0.05) is 0 Å². The highest BCUT2D eigenvalue weighted by Crippen LogP contribution is 2.52. The molecule has 0 saturated heterocycles. The number of rotatable bonds is 7. The Balaban J connectivity index is 1.68. The number of para-hydroxylation sites is 2. The predicted molar refractivity (Wildman–Crippen MR) is 135 cm³/mol. The van der Waals surface area contributed by atoms with Crippen LogP contribution in [0.2, 0.25) is 0 Å². The molecular formula is C28H27O5P. The van der Waals surface area contributed by atoms with Gasteiger partial charge in [-0.2, -0.15) is 4.57 Å². The summed E-state index contributed by atoms with van der Waals surface area (Å²) in [6.45, 7) is 7.55. The van der Waals surface area contributed by atoms with Crippen LogP contribution in [0.5, 0.6) is 23.0 Å². The highest BCUT2D eigenvalue weighted by molar-refractivity contribution is 7.49. The van der Waals surface area contributed by atoms with E-state index in [1.165, 1.54) is 0 Å². The molecule has 0 aliphatic heterocycles. The van der Waals surface area contributed by atoms with E-state index in [9.17, 15) is 9.67 Å². The van der Waals surface area contributed by atoms with Crippen LogP contribution in [-0.4, -0.2) is 5.11 Å². The van der Waals surface area contributed by atoms with Gasteiger partial charge in [-0.1, -0.05) is 60.7 Å². The number of phenols is 1. The molecule has 5 nitrogen and oxygen atoms in total. The average Bonchev–Trinajstić information content (AvgIpc) is 2.80. The molecule has 6 heteroatoms. The van der Waals surface area contributed by atoms with Crippen molar-refractivity contribution >= 4 is 7.82 Å². The third kappa shape index (κ3) is 5.27. The van der Waals surface area contributed by atoms with Gasteiger partial charge < -0.3 is 18.7 Å². The van der Waals surface area contributed by atoms with Crippen LogP contribution in [0.1, 0.15) is 22.3 Å². The number of phosphoric ester groups is 1. The van der Waals surface area contributed by atoms with Gasteiger partial charge in [0.2, 0.25) is 0 Å². The summed E-state index contributed by atoms with van der Waals surface area (Å²) in [5, 5.41) is 9.52. The zero-order valence-electron chi connectivity index (χ0n) is 19.6. The Morgan fingerprint density at radius 3 is 1.35 bits per heavy atom. The zero-order chi connectivity index (χ0) is 24.3. The molecule has 1 N–H and O–H groups in total. The molecule has 0 fully saturated rings. The van der Waals surface area contributed by atoms with E-state index in [4.69, 9.17) is 13.6 Å². The normalized spacial score (nSPS) is 11.2. The molecule has 0 unspecified atom stereocenters. The molecular weight excluding hydrogens is 447 g/mol. The summed E-state index contributed by atoms with van der Waals surface area (Å²) in [4.78, 5) is 0. The molecule has 0 spiro atoms. The molecule has 0 aliphatic carbocycles. The smallest absolute Gasteiger partial charge is 0.508 e. The Morgan fingerprint density at radius 1 is 0.559 bits per heavy atom. The molecule has 4 rings (SSSR count). The van der Waals surface area contributed by atoms with Crippen LogP contribution >= 0.6 is 7.82 Å². The maximum absolute atomic E-state index is 14.0. The maximum Gasteiger partial charge on any atom is 0.647 e. The Kier molecular flexibility index (Phi) is 6.67. The zero-order valence-corrected chi connectivity index (χ0v) is 20.5. The molecule has 0 bridgehead atoms. The van der Waals surface area contributed by atoms with Gasteiger partial charge in [0.1, 0.15) is 23.0 Å². The highest BCUT2D eigenvalue weighted by Gasteiger charge is 2.35. The Labute approximate surface area is 200 Å². The van der Waals surface area contributed by atoms with Crippen molar-refractivity contribution in [2.75, 3.05) is 0 Å². The quantitative estimate of drug-likeness (QED) is 0.276. The van der Waals surface area contributed by atoms with Crippen molar-refractivity contribution in [1.82, 2.24) is 0 Å². The van der Waals surface area contributed by atoms with Gasteiger partial charge in [-0.15, -0.1) is 0 Å². The second-order valence-electron chi connectivity index (χ2n) is 8.23. The SMILES string of the molecule is Cc1cccc(C)c1OP(=O)(Oc1ccc(-c2ccc(O)cc2)cc1)Oc1c(C)cccc1C. The van der Waals surface area contributed by atoms with Gasteiger partial charge in [0.15, 0.2) is 0 Å². The van der Waals surface area contributed by atoms with Crippen LogP contribution in [-0.2, 0) is 4.57 Å². The molecule has 174 valence electrons. The summed E-state index contributed by atoms with van der Waals surface area (Å²) < 4.78 is 31.9. The van der Waals surface area contributed by atoms with Gasteiger partial charge in [0.05, 0.1) is 0 Å². The maximum atomic E-state index is 14.0. The van der Waals surface area contributed by atoms with Gasteiger partial charge in [0.25, 0.3) is 0 Å². The minimum absolute atomic E-state index is 0.205. The first-order chi connectivity index (χ1) is 16.2. The fraction of sp³-hybridized carbons (Fsp3) is 0.143. The van der Waals surface area contributed by atoms with Crippen molar-refractivity contribution in [3.63, 3.8) is 0 Å². The second kappa shape index (κ2) is 9.66. The van der Waals surface area contributed by atoms with Crippen LogP contribution in [0.25, 0.3) is 11.1 Å². The van der Waals surface area contributed by atoms with E-state index in [1.807, 2.05) is 88.4 Å². The molecule has 0 heterocycles. The van der Waals surface area contributed by atoms with Crippen molar-refractivity contribution in [1.29, 1.82) is 0 Å². The van der Waals surface area contributed by atoms with Crippen molar-refractivity contribution in [2.45, 2.75) is 27.7 Å². The van der Waals surface area contributed by atoms with Crippen LogP contribution in [0.3, 0.4) is 0 Å². The Hall–Kier alpha value is -3.69. The lowest BCUT2D eigenvalue weighted by Crippen LogP contribution is -2.10. The largest absolute Gasteiger partial charge is 0.647 e. The number of aromatic hydroxyl groups is 1. The summed E-state index contributed by atoms with van der Waals surface area (Å²) in [7, 11) is -4.12. The molecule has 4 aromatic rings. The number of hydrogen-bond acceptors (Lipinski definition) is 5. The first-order valence-electron chi connectivity index (χ1n) is 10.9. The van der Waals surface area contributed by atoms with Gasteiger partial charge in [-0.3, -0.25) is 0 Å². The molecule has 34 heavy (non-hydrogen) atoms. The minimum atomic E-state index is -4.12. The molecule has 4 aromatic carbocycles. The summed E-state index contributed by atoms with van der Waals surface area (Å²) in [5.41, 5.74) is 5.18. The van der Waals surface area contributed by atoms with E-state index in [0.29, 0.717) is 17.2 Å². The third-order valence-corrected chi connectivity index (χ3v) is 6.74. The van der Waals surface area contributed by atoms with E-state index < -0.39 is 7.82 Å². The average molecular weight is 474 g/mol.